The third kappa shape index (κ3) is 6.20. The predicted octanol–water partition coefficient (Wildman–Crippen LogP) is 3.74. The molecule has 0 aliphatic heterocycles. The third-order valence-electron chi connectivity index (χ3n) is 3.92. The molecule has 3 rings (SSSR count). The summed E-state index contributed by atoms with van der Waals surface area (Å²) in [5.41, 5.74) is 0.806. The normalized spacial score (nSPS) is 11.0. The van der Waals surface area contributed by atoms with Crippen LogP contribution >= 0.6 is 0 Å². The summed E-state index contributed by atoms with van der Waals surface area (Å²) >= 11 is 0. The number of ether oxygens (including phenoxy) is 2. The molecule has 3 aromatic rings. The van der Waals surface area contributed by atoms with E-state index < -0.39 is 24.3 Å². The molecule has 156 valence electrons. The van der Waals surface area contributed by atoms with Crippen molar-refractivity contribution in [1.82, 2.24) is 15.5 Å². The summed E-state index contributed by atoms with van der Waals surface area (Å²) < 4.78 is 48.5. The number of nitrogens with zero attached hydrogens (tertiary/aromatic N) is 2. The van der Waals surface area contributed by atoms with Gasteiger partial charge in [0, 0.05) is 11.6 Å². The average Bonchev–Trinajstić information content (AvgIpc) is 2.76. The minimum atomic E-state index is -4.47. The fourth-order valence-corrected chi connectivity index (χ4v) is 2.47. The number of rotatable bonds is 8. The first-order chi connectivity index (χ1) is 14.4. The molecule has 0 fully saturated rings. The fourth-order valence-electron chi connectivity index (χ4n) is 2.47. The van der Waals surface area contributed by atoms with Crippen molar-refractivity contribution in [3.05, 3.63) is 72.3 Å². The van der Waals surface area contributed by atoms with Gasteiger partial charge in [-0.3, -0.25) is 4.79 Å². The molecular formula is C21H18F3N3O3. The second kappa shape index (κ2) is 9.73. The maximum Gasteiger partial charge on any atom is 0.416 e. The smallest absolute Gasteiger partial charge is 0.416 e. The molecule has 0 aliphatic carbocycles. The molecular weight excluding hydrogens is 399 g/mol. The van der Waals surface area contributed by atoms with Crippen molar-refractivity contribution in [2.24, 2.45) is 0 Å². The van der Waals surface area contributed by atoms with E-state index in [1.165, 1.54) is 12.1 Å². The van der Waals surface area contributed by atoms with Crippen LogP contribution in [0.5, 0.6) is 11.6 Å². The van der Waals surface area contributed by atoms with E-state index in [0.717, 1.165) is 17.7 Å². The van der Waals surface area contributed by atoms with Crippen LogP contribution in [-0.4, -0.2) is 35.9 Å². The minimum absolute atomic E-state index is 0.0370. The highest BCUT2D eigenvalue weighted by Gasteiger charge is 2.30. The van der Waals surface area contributed by atoms with Crippen LogP contribution in [0.4, 0.5) is 13.2 Å². The van der Waals surface area contributed by atoms with Gasteiger partial charge in [-0.05, 0) is 24.3 Å². The van der Waals surface area contributed by atoms with Gasteiger partial charge in [-0.1, -0.05) is 36.4 Å². The van der Waals surface area contributed by atoms with Crippen LogP contribution in [0.25, 0.3) is 11.3 Å². The first-order valence-electron chi connectivity index (χ1n) is 9.00. The zero-order valence-electron chi connectivity index (χ0n) is 15.7. The number of alkyl halides is 3. The summed E-state index contributed by atoms with van der Waals surface area (Å²) in [6.07, 6.45) is -4.47. The number of carbonyl (C=O) groups is 1. The van der Waals surface area contributed by atoms with Gasteiger partial charge in [-0.25, -0.2) is 0 Å². The predicted molar refractivity (Wildman–Crippen MR) is 103 cm³/mol. The summed E-state index contributed by atoms with van der Waals surface area (Å²) in [7, 11) is 0. The number of amides is 1. The molecule has 0 saturated heterocycles. The number of aromatic nitrogens is 2. The van der Waals surface area contributed by atoms with E-state index in [0.29, 0.717) is 11.6 Å². The van der Waals surface area contributed by atoms with Crippen molar-refractivity contribution < 1.29 is 27.4 Å². The number of nitrogens with one attached hydrogen (secondary N) is 1. The maximum atomic E-state index is 12.7. The lowest BCUT2D eigenvalue weighted by Gasteiger charge is -2.10. The zero-order valence-corrected chi connectivity index (χ0v) is 15.7. The van der Waals surface area contributed by atoms with Crippen molar-refractivity contribution >= 4 is 5.91 Å². The molecule has 1 heterocycles. The molecule has 30 heavy (non-hydrogen) atoms. The lowest BCUT2D eigenvalue weighted by molar-refractivity contribution is -0.137. The summed E-state index contributed by atoms with van der Waals surface area (Å²) in [6.45, 7) is -0.0888. The number of hydrogen-bond acceptors (Lipinski definition) is 5. The SMILES string of the molecule is O=C(COc1cccc(C(F)(F)F)c1)NCCOc1ccc(-c2ccccc2)nn1. The summed E-state index contributed by atoms with van der Waals surface area (Å²) in [5.74, 6) is -0.212. The van der Waals surface area contributed by atoms with Crippen molar-refractivity contribution in [2.75, 3.05) is 19.8 Å². The number of hydrogen-bond donors (Lipinski definition) is 1. The molecule has 1 aromatic heterocycles. The molecule has 0 spiro atoms. The first kappa shape index (κ1) is 21.1. The molecule has 2 aromatic carbocycles. The van der Waals surface area contributed by atoms with Crippen LogP contribution in [0.1, 0.15) is 5.56 Å². The van der Waals surface area contributed by atoms with Crippen molar-refractivity contribution in [3.63, 3.8) is 0 Å². The highest BCUT2D eigenvalue weighted by atomic mass is 19.4. The van der Waals surface area contributed by atoms with Gasteiger partial charge in [0.1, 0.15) is 12.4 Å². The number of benzene rings is 2. The lowest BCUT2D eigenvalue weighted by Crippen LogP contribution is -2.32. The Balaban J connectivity index is 1.38. The molecule has 0 atom stereocenters. The van der Waals surface area contributed by atoms with Gasteiger partial charge in [0.15, 0.2) is 6.61 Å². The van der Waals surface area contributed by atoms with E-state index in [9.17, 15) is 18.0 Å². The quantitative estimate of drug-likeness (QED) is 0.566. The average molecular weight is 417 g/mol. The van der Waals surface area contributed by atoms with Crippen LogP contribution in [0.15, 0.2) is 66.7 Å². The Morgan fingerprint density at radius 1 is 0.933 bits per heavy atom. The second-order valence-electron chi connectivity index (χ2n) is 6.14. The Morgan fingerprint density at radius 2 is 1.73 bits per heavy atom. The summed E-state index contributed by atoms with van der Waals surface area (Å²) in [4.78, 5) is 11.8. The molecule has 1 amide bonds. The Labute approximate surface area is 170 Å². The van der Waals surface area contributed by atoms with E-state index in [1.807, 2.05) is 30.3 Å². The molecule has 6 nitrogen and oxygen atoms in total. The third-order valence-corrected chi connectivity index (χ3v) is 3.92. The van der Waals surface area contributed by atoms with Crippen LogP contribution in [0, 0.1) is 0 Å². The van der Waals surface area contributed by atoms with E-state index in [4.69, 9.17) is 9.47 Å². The number of halogens is 3. The molecule has 0 radical (unpaired) electrons. The van der Waals surface area contributed by atoms with Crippen LogP contribution in [0.3, 0.4) is 0 Å². The highest BCUT2D eigenvalue weighted by Crippen LogP contribution is 2.31. The molecule has 0 unspecified atom stereocenters. The largest absolute Gasteiger partial charge is 0.484 e. The Bertz CT molecular complexity index is 964. The standard InChI is InChI=1S/C21H18F3N3O3/c22-21(23,24)16-7-4-8-17(13-16)30-14-19(28)25-11-12-29-20-10-9-18(26-27-20)15-5-2-1-3-6-15/h1-10,13H,11-12,14H2,(H,25,28). The van der Waals surface area contributed by atoms with E-state index in [2.05, 4.69) is 15.5 Å². The summed E-state index contributed by atoms with van der Waals surface area (Å²) in [6, 6.07) is 17.3. The molecule has 1 N–H and O–H groups in total. The van der Waals surface area contributed by atoms with E-state index in [-0.39, 0.29) is 18.9 Å². The molecule has 0 bridgehead atoms. The van der Waals surface area contributed by atoms with E-state index in [1.54, 1.807) is 12.1 Å². The Morgan fingerprint density at radius 3 is 2.43 bits per heavy atom. The summed E-state index contributed by atoms with van der Waals surface area (Å²) in [5, 5.41) is 10.6. The van der Waals surface area contributed by atoms with Gasteiger partial charge < -0.3 is 14.8 Å². The van der Waals surface area contributed by atoms with Gasteiger partial charge in [-0.2, -0.15) is 13.2 Å². The Kier molecular flexibility index (Phi) is 6.84. The lowest BCUT2D eigenvalue weighted by atomic mass is 10.1. The Hall–Kier alpha value is -3.62. The number of carbonyl (C=O) groups excluding carboxylic acids is 1. The van der Waals surface area contributed by atoms with Crippen molar-refractivity contribution in [1.29, 1.82) is 0 Å². The molecule has 9 heteroatoms. The highest BCUT2D eigenvalue weighted by molar-refractivity contribution is 5.77. The topological polar surface area (TPSA) is 73.3 Å². The first-order valence-corrected chi connectivity index (χ1v) is 9.00. The fraction of sp³-hybridized carbons (Fsp3) is 0.190. The monoisotopic (exact) mass is 417 g/mol. The van der Waals surface area contributed by atoms with Gasteiger partial charge in [0.05, 0.1) is 17.8 Å². The van der Waals surface area contributed by atoms with E-state index >= 15 is 0 Å². The molecule has 0 saturated carbocycles. The van der Waals surface area contributed by atoms with Crippen LogP contribution < -0.4 is 14.8 Å². The zero-order chi connectivity index (χ0) is 21.4. The van der Waals surface area contributed by atoms with Crippen molar-refractivity contribution in [2.45, 2.75) is 6.18 Å². The minimum Gasteiger partial charge on any atom is -0.484 e. The van der Waals surface area contributed by atoms with Gasteiger partial charge in [0.2, 0.25) is 5.88 Å². The van der Waals surface area contributed by atoms with Crippen LogP contribution in [-0.2, 0) is 11.0 Å². The van der Waals surface area contributed by atoms with Crippen molar-refractivity contribution in [3.8, 4) is 22.9 Å². The second-order valence-corrected chi connectivity index (χ2v) is 6.14. The maximum absolute atomic E-state index is 12.7. The van der Waals surface area contributed by atoms with Crippen LogP contribution in [0.2, 0.25) is 0 Å². The molecule has 0 aliphatic rings. The van der Waals surface area contributed by atoms with Gasteiger partial charge >= 0.3 is 6.18 Å². The van der Waals surface area contributed by atoms with Gasteiger partial charge in [0.25, 0.3) is 5.91 Å². The van der Waals surface area contributed by atoms with Gasteiger partial charge in [-0.15, -0.1) is 10.2 Å².